The van der Waals surface area contributed by atoms with Gasteiger partial charge < -0.3 is 10.1 Å². The highest BCUT2D eigenvalue weighted by molar-refractivity contribution is 6.46. The number of imide groups is 1. The number of hydrogen-bond acceptors (Lipinski definition) is 4. The van der Waals surface area contributed by atoms with Crippen LogP contribution in [0, 0.1) is 12.7 Å². The monoisotopic (exact) mass is 450 g/mol. The van der Waals surface area contributed by atoms with Crippen molar-refractivity contribution in [2.24, 2.45) is 0 Å². The minimum atomic E-state index is -0.540. The molecule has 0 fully saturated rings. The predicted octanol–water partition coefficient (Wildman–Crippen LogP) is 5.58. The molecule has 5 nitrogen and oxygen atoms in total. The number of halogens is 2. The number of benzene rings is 3. The van der Waals surface area contributed by atoms with E-state index in [0.29, 0.717) is 28.6 Å². The van der Waals surface area contributed by atoms with Crippen LogP contribution in [0.15, 0.2) is 72.4 Å². The quantitative estimate of drug-likeness (QED) is 0.498. The summed E-state index contributed by atoms with van der Waals surface area (Å²) >= 11 is 6.24. The SMILES string of the molecule is CCOc1ccc(C2=C(Nc3ccc(C)c(Cl)c3)C(=O)N(c3ccc(F)cc3)C2=O)cc1. The standard InChI is InChI=1S/C25H20ClFN2O3/c1-3-32-20-12-5-16(6-13-20)22-23(28-18-9-4-15(2)21(26)14-18)25(31)29(24(22)30)19-10-7-17(27)8-11-19/h4-14,28H,3H2,1-2H3. The van der Waals surface area contributed by atoms with Crippen molar-refractivity contribution in [3.8, 4) is 5.75 Å². The molecule has 0 bridgehead atoms. The molecule has 7 heteroatoms. The van der Waals surface area contributed by atoms with Crippen LogP contribution in [0.5, 0.6) is 5.75 Å². The summed E-state index contributed by atoms with van der Waals surface area (Å²) in [6.07, 6.45) is 0. The molecule has 162 valence electrons. The van der Waals surface area contributed by atoms with Gasteiger partial charge in [-0.2, -0.15) is 0 Å². The van der Waals surface area contributed by atoms with Gasteiger partial charge in [0, 0.05) is 10.7 Å². The molecule has 1 N–H and O–H groups in total. The summed E-state index contributed by atoms with van der Waals surface area (Å²) < 4.78 is 18.9. The lowest BCUT2D eigenvalue weighted by molar-refractivity contribution is -0.120. The smallest absolute Gasteiger partial charge is 0.282 e. The van der Waals surface area contributed by atoms with Crippen molar-refractivity contribution in [3.63, 3.8) is 0 Å². The van der Waals surface area contributed by atoms with Gasteiger partial charge in [-0.1, -0.05) is 29.8 Å². The van der Waals surface area contributed by atoms with E-state index in [1.165, 1.54) is 24.3 Å². The molecule has 0 saturated heterocycles. The highest BCUT2D eigenvalue weighted by Gasteiger charge is 2.40. The van der Waals surface area contributed by atoms with Crippen molar-refractivity contribution in [3.05, 3.63) is 94.4 Å². The Morgan fingerprint density at radius 2 is 1.66 bits per heavy atom. The molecular weight excluding hydrogens is 431 g/mol. The maximum atomic E-state index is 13.4. The van der Waals surface area contributed by atoms with E-state index in [-0.39, 0.29) is 17.0 Å². The van der Waals surface area contributed by atoms with E-state index in [4.69, 9.17) is 16.3 Å². The van der Waals surface area contributed by atoms with Crippen LogP contribution < -0.4 is 15.0 Å². The fourth-order valence-electron chi connectivity index (χ4n) is 3.44. The summed E-state index contributed by atoms with van der Waals surface area (Å²) in [6.45, 7) is 4.26. The first kappa shape index (κ1) is 21.6. The molecule has 0 aliphatic carbocycles. The van der Waals surface area contributed by atoms with Gasteiger partial charge in [-0.25, -0.2) is 9.29 Å². The fourth-order valence-corrected chi connectivity index (χ4v) is 3.62. The summed E-state index contributed by atoms with van der Waals surface area (Å²) in [5.74, 6) is -0.849. The normalized spacial score (nSPS) is 13.7. The van der Waals surface area contributed by atoms with Crippen LogP contribution in [0.1, 0.15) is 18.1 Å². The first-order chi connectivity index (χ1) is 15.4. The highest BCUT2D eigenvalue weighted by atomic mass is 35.5. The topological polar surface area (TPSA) is 58.6 Å². The minimum Gasteiger partial charge on any atom is -0.494 e. The third-order valence-electron chi connectivity index (χ3n) is 5.06. The van der Waals surface area contributed by atoms with Gasteiger partial charge in [-0.15, -0.1) is 0 Å². The molecule has 0 saturated carbocycles. The molecule has 0 spiro atoms. The second-order valence-corrected chi connectivity index (χ2v) is 7.63. The average Bonchev–Trinajstić information content (AvgIpc) is 3.02. The third-order valence-corrected chi connectivity index (χ3v) is 5.47. The van der Waals surface area contributed by atoms with Crippen molar-refractivity contribution in [1.29, 1.82) is 0 Å². The summed E-state index contributed by atoms with van der Waals surface area (Å²) in [6, 6.07) is 17.4. The van der Waals surface area contributed by atoms with Gasteiger partial charge in [0.25, 0.3) is 11.8 Å². The van der Waals surface area contributed by atoms with Gasteiger partial charge in [0.2, 0.25) is 0 Å². The largest absolute Gasteiger partial charge is 0.494 e. The van der Waals surface area contributed by atoms with Crippen LogP contribution in [0.25, 0.3) is 5.57 Å². The van der Waals surface area contributed by atoms with E-state index in [0.717, 1.165) is 10.5 Å². The van der Waals surface area contributed by atoms with Crippen LogP contribution in [0.2, 0.25) is 5.02 Å². The molecule has 3 aromatic rings. The Morgan fingerprint density at radius 1 is 0.969 bits per heavy atom. The van der Waals surface area contributed by atoms with Crippen molar-refractivity contribution in [2.45, 2.75) is 13.8 Å². The van der Waals surface area contributed by atoms with Crippen molar-refractivity contribution in [2.75, 3.05) is 16.8 Å². The average molecular weight is 451 g/mol. The first-order valence-corrected chi connectivity index (χ1v) is 10.4. The second-order valence-electron chi connectivity index (χ2n) is 7.22. The van der Waals surface area contributed by atoms with Crippen LogP contribution in [0.3, 0.4) is 0 Å². The van der Waals surface area contributed by atoms with Gasteiger partial charge in [0.05, 0.1) is 17.9 Å². The maximum absolute atomic E-state index is 13.4. The molecule has 4 rings (SSSR count). The molecule has 2 amide bonds. The number of rotatable bonds is 6. The van der Waals surface area contributed by atoms with E-state index in [9.17, 15) is 14.0 Å². The molecule has 0 unspecified atom stereocenters. The molecular formula is C25H20ClFN2O3. The van der Waals surface area contributed by atoms with Gasteiger partial charge >= 0.3 is 0 Å². The molecule has 1 aliphatic rings. The Morgan fingerprint density at radius 3 is 2.28 bits per heavy atom. The number of aryl methyl sites for hydroxylation is 1. The van der Waals surface area contributed by atoms with Gasteiger partial charge in [0.15, 0.2) is 0 Å². The molecule has 0 atom stereocenters. The zero-order valence-electron chi connectivity index (χ0n) is 17.5. The van der Waals surface area contributed by atoms with Crippen LogP contribution in [-0.4, -0.2) is 18.4 Å². The van der Waals surface area contributed by atoms with E-state index in [1.807, 2.05) is 19.9 Å². The molecule has 3 aromatic carbocycles. The number of ether oxygens (including phenoxy) is 1. The molecule has 0 radical (unpaired) electrons. The second kappa shape index (κ2) is 8.85. The van der Waals surface area contributed by atoms with E-state index in [2.05, 4.69) is 5.32 Å². The van der Waals surface area contributed by atoms with Crippen LogP contribution in [0.4, 0.5) is 15.8 Å². The van der Waals surface area contributed by atoms with Crippen molar-refractivity contribution >= 4 is 40.4 Å². The number of carbonyl (C=O) groups excluding carboxylic acids is 2. The fraction of sp³-hybridized carbons (Fsp3) is 0.120. The lowest BCUT2D eigenvalue weighted by atomic mass is 10.0. The summed E-state index contributed by atoms with van der Waals surface area (Å²) in [5.41, 5.74) is 2.61. The van der Waals surface area contributed by atoms with Crippen molar-refractivity contribution < 1.29 is 18.7 Å². The summed E-state index contributed by atoms with van der Waals surface area (Å²) in [4.78, 5) is 27.8. The Balaban J connectivity index is 1.79. The Bertz CT molecular complexity index is 1220. The van der Waals surface area contributed by atoms with E-state index in [1.54, 1.807) is 36.4 Å². The van der Waals surface area contributed by atoms with Crippen LogP contribution >= 0.6 is 11.6 Å². The Kier molecular flexibility index (Phi) is 5.97. The van der Waals surface area contributed by atoms with Gasteiger partial charge in [-0.3, -0.25) is 9.59 Å². The van der Waals surface area contributed by atoms with Gasteiger partial charge in [-0.05, 0) is 73.5 Å². The van der Waals surface area contributed by atoms with E-state index >= 15 is 0 Å². The number of nitrogens with zero attached hydrogens (tertiary/aromatic N) is 1. The zero-order valence-corrected chi connectivity index (χ0v) is 18.2. The zero-order chi connectivity index (χ0) is 22.8. The number of amides is 2. The number of nitrogens with one attached hydrogen (secondary N) is 1. The predicted molar refractivity (Wildman–Crippen MR) is 123 cm³/mol. The number of anilines is 2. The number of carbonyl (C=O) groups is 2. The minimum absolute atomic E-state index is 0.114. The van der Waals surface area contributed by atoms with Gasteiger partial charge in [0.1, 0.15) is 17.3 Å². The lowest BCUT2D eigenvalue weighted by Crippen LogP contribution is -2.32. The summed E-state index contributed by atoms with van der Waals surface area (Å²) in [5, 5.41) is 3.60. The first-order valence-electron chi connectivity index (χ1n) is 10.0. The van der Waals surface area contributed by atoms with Crippen LogP contribution in [-0.2, 0) is 9.59 Å². The third kappa shape index (κ3) is 4.09. The van der Waals surface area contributed by atoms with E-state index < -0.39 is 17.6 Å². The Hall–Kier alpha value is -3.64. The molecule has 0 aromatic heterocycles. The summed E-state index contributed by atoms with van der Waals surface area (Å²) in [7, 11) is 0. The molecule has 1 aliphatic heterocycles. The number of hydrogen-bond donors (Lipinski definition) is 1. The molecule has 1 heterocycles. The van der Waals surface area contributed by atoms with Crippen molar-refractivity contribution in [1.82, 2.24) is 0 Å². The molecule has 32 heavy (non-hydrogen) atoms. The highest BCUT2D eigenvalue weighted by Crippen LogP contribution is 2.35. The maximum Gasteiger partial charge on any atom is 0.282 e. The lowest BCUT2D eigenvalue weighted by Gasteiger charge is -2.15. The Labute approximate surface area is 190 Å².